The summed E-state index contributed by atoms with van der Waals surface area (Å²) in [6.07, 6.45) is 1.56. The molecule has 1 N–H and O–H groups in total. The molecule has 6 nitrogen and oxygen atoms in total. The zero-order valence-electron chi connectivity index (χ0n) is 19.1. The van der Waals surface area contributed by atoms with Gasteiger partial charge in [0.1, 0.15) is 23.9 Å². The highest BCUT2D eigenvalue weighted by atomic mass is 16.5. The summed E-state index contributed by atoms with van der Waals surface area (Å²) in [7, 11) is 1.61. The lowest BCUT2D eigenvalue weighted by Gasteiger charge is -2.11. The van der Waals surface area contributed by atoms with E-state index in [4.69, 9.17) is 14.5 Å². The number of nitrogens with one attached hydrogen (secondary N) is 1. The number of carbonyl (C=O) groups is 1. The summed E-state index contributed by atoms with van der Waals surface area (Å²) >= 11 is 0. The van der Waals surface area contributed by atoms with Crippen LogP contribution in [0.2, 0.25) is 0 Å². The summed E-state index contributed by atoms with van der Waals surface area (Å²) in [5, 5.41) is 2.99. The number of amides is 1. The average molecular weight is 444 g/mol. The zero-order valence-corrected chi connectivity index (χ0v) is 19.1. The van der Waals surface area contributed by atoms with Crippen molar-refractivity contribution in [1.29, 1.82) is 0 Å². The Hall–Kier alpha value is -3.80. The van der Waals surface area contributed by atoms with Crippen molar-refractivity contribution in [2.75, 3.05) is 20.3 Å². The van der Waals surface area contributed by atoms with Gasteiger partial charge in [0.15, 0.2) is 0 Å². The molecule has 33 heavy (non-hydrogen) atoms. The summed E-state index contributed by atoms with van der Waals surface area (Å²) < 4.78 is 13.3. The highest BCUT2D eigenvalue weighted by molar-refractivity contribution is 5.94. The van der Waals surface area contributed by atoms with Gasteiger partial charge in [-0.2, -0.15) is 0 Å². The molecule has 4 rings (SSSR count). The minimum absolute atomic E-state index is 0.0855. The molecule has 0 saturated carbocycles. The summed E-state index contributed by atoms with van der Waals surface area (Å²) in [6, 6.07) is 23.3. The Bertz CT molecular complexity index is 1220. The second kappa shape index (κ2) is 10.7. The van der Waals surface area contributed by atoms with Crippen LogP contribution >= 0.6 is 0 Å². The molecular formula is C27H29N3O3. The first-order valence-electron chi connectivity index (χ1n) is 11.2. The molecule has 1 aromatic heterocycles. The SMILES string of the molecule is COc1ccc(C(=O)NCCCc2nc3ccccc3n2CCOc2cccc(C)c2)cc1. The molecular weight excluding hydrogens is 414 g/mol. The van der Waals surface area contributed by atoms with Crippen molar-refractivity contribution in [2.24, 2.45) is 0 Å². The number of rotatable bonds is 10. The number of benzene rings is 3. The molecule has 1 amide bonds. The van der Waals surface area contributed by atoms with Crippen molar-refractivity contribution < 1.29 is 14.3 Å². The van der Waals surface area contributed by atoms with Gasteiger partial charge < -0.3 is 19.4 Å². The van der Waals surface area contributed by atoms with Gasteiger partial charge in [-0.25, -0.2) is 4.98 Å². The van der Waals surface area contributed by atoms with Gasteiger partial charge >= 0.3 is 0 Å². The summed E-state index contributed by atoms with van der Waals surface area (Å²) in [5.74, 6) is 2.53. The Balaban J connectivity index is 1.35. The molecule has 6 heteroatoms. The molecule has 0 bridgehead atoms. The van der Waals surface area contributed by atoms with Crippen molar-refractivity contribution in [3.05, 3.63) is 89.7 Å². The van der Waals surface area contributed by atoms with Crippen LogP contribution in [0.15, 0.2) is 72.8 Å². The number of hydrogen-bond donors (Lipinski definition) is 1. The van der Waals surface area contributed by atoms with Crippen LogP contribution < -0.4 is 14.8 Å². The molecule has 0 aliphatic carbocycles. The van der Waals surface area contributed by atoms with Crippen LogP contribution in [0.1, 0.15) is 28.2 Å². The molecule has 0 radical (unpaired) electrons. The molecule has 170 valence electrons. The predicted molar refractivity (Wildman–Crippen MR) is 130 cm³/mol. The molecule has 4 aromatic rings. The molecule has 0 aliphatic heterocycles. The fourth-order valence-electron chi connectivity index (χ4n) is 3.82. The van der Waals surface area contributed by atoms with Gasteiger partial charge in [-0.3, -0.25) is 4.79 Å². The van der Waals surface area contributed by atoms with Gasteiger partial charge in [0, 0.05) is 18.5 Å². The van der Waals surface area contributed by atoms with E-state index in [2.05, 4.69) is 28.9 Å². The standard InChI is InChI=1S/C27H29N3O3/c1-20-7-5-8-23(19-20)33-18-17-30-25-10-4-3-9-24(25)29-26(30)11-6-16-28-27(31)21-12-14-22(32-2)15-13-21/h3-5,7-10,12-15,19H,6,11,16-18H2,1-2H3,(H,28,31). The van der Waals surface area contributed by atoms with Crippen molar-refractivity contribution in [1.82, 2.24) is 14.9 Å². The third kappa shape index (κ3) is 5.71. The van der Waals surface area contributed by atoms with Crippen LogP contribution in [-0.2, 0) is 13.0 Å². The van der Waals surface area contributed by atoms with Crippen LogP contribution in [0.5, 0.6) is 11.5 Å². The molecule has 3 aromatic carbocycles. The van der Waals surface area contributed by atoms with Crippen molar-refractivity contribution in [2.45, 2.75) is 26.3 Å². The number of methoxy groups -OCH3 is 1. The molecule has 0 unspecified atom stereocenters. The van der Waals surface area contributed by atoms with Crippen LogP contribution in [0, 0.1) is 6.92 Å². The van der Waals surface area contributed by atoms with E-state index < -0.39 is 0 Å². The number of fused-ring (bicyclic) bond motifs is 1. The maximum Gasteiger partial charge on any atom is 0.251 e. The summed E-state index contributed by atoms with van der Waals surface area (Å²) in [6.45, 7) is 3.91. The first kappa shape index (κ1) is 22.4. The topological polar surface area (TPSA) is 65.4 Å². The van der Waals surface area contributed by atoms with Crippen LogP contribution in [0.25, 0.3) is 11.0 Å². The van der Waals surface area contributed by atoms with E-state index in [1.54, 1.807) is 31.4 Å². The minimum atomic E-state index is -0.0855. The zero-order chi connectivity index (χ0) is 23.0. The normalized spacial score (nSPS) is 10.8. The smallest absolute Gasteiger partial charge is 0.251 e. The number of para-hydroxylation sites is 2. The average Bonchev–Trinajstić information content (AvgIpc) is 3.19. The third-order valence-electron chi connectivity index (χ3n) is 5.52. The second-order valence-corrected chi connectivity index (χ2v) is 7.92. The molecule has 0 saturated heterocycles. The Kier molecular flexibility index (Phi) is 7.25. The van der Waals surface area contributed by atoms with Crippen molar-refractivity contribution >= 4 is 16.9 Å². The third-order valence-corrected chi connectivity index (χ3v) is 5.52. The Morgan fingerprint density at radius 2 is 1.82 bits per heavy atom. The molecule has 0 atom stereocenters. The van der Waals surface area contributed by atoms with Gasteiger partial charge in [-0.05, 0) is 67.4 Å². The van der Waals surface area contributed by atoms with Crippen LogP contribution in [0.3, 0.4) is 0 Å². The van der Waals surface area contributed by atoms with E-state index in [-0.39, 0.29) is 5.91 Å². The number of imidazole rings is 1. The van der Waals surface area contributed by atoms with E-state index in [1.165, 1.54) is 5.56 Å². The first-order valence-corrected chi connectivity index (χ1v) is 11.2. The predicted octanol–water partition coefficient (Wildman–Crippen LogP) is 4.79. The number of hydrogen-bond acceptors (Lipinski definition) is 4. The quantitative estimate of drug-likeness (QED) is 0.358. The van der Waals surface area contributed by atoms with Gasteiger partial charge in [0.2, 0.25) is 0 Å². The fraction of sp³-hybridized carbons (Fsp3) is 0.259. The number of aromatic nitrogens is 2. The Labute approximate surface area is 194 Å². The lowest BCUT2D eigenvalue weighted by atomic mass is 10.2. The van der Waals surface area contributed by atoms with E-state index in [0.717, 1.165) is 41.2 Å². The molecule has 0 spiro atoms. The largest absolute Gasteiger partial charge is 0.497 e. The van der Waals surface area contributed by atoms with E-state index in [1.807, 2.05) is 36.4 Å². The number of nitrogens with zero attached hydrogens (tertiary/aromatic N) is 2. The first-order chi connectivity index (χ1) is 16.1. The Morgan fingerprint density at radius 3 is 2.61 bits per heavy atom. The highest BCUT2D eigenvalue weighted by Gasteiger charge is 2.11. The number of aryl methyl sites for hydroxylation is 2. The summed E-state index contributed by atoms with van der Waals surface area (Å²) in [4.78, 5) is 17.2. The van der Waals surface area contributed by atoms with Crippen molar-refractivity contribution in [3.63, 3.8) is 0 Å². The number of carbonyl (C=O) groups excluding carboxylic acids is 1. The lowest BCUT2D eigenvalue weighted by Crippen LogP contribution is -2.25. The van der Waals surface area contributed by atoms with Crippen LogP contribution in [0.4, 0.5) is 0 Å². The van der Waals surface area contributed by atoms with E-state index >= 15 is 0 Å². The van der Waals surface area contributed by atoms with E-state index in [9.17, 15) is 4.79 Å². The van der Waals surface area contributed by atoms with E-state index in [0.29, 0.717) is 25.3 Å². The number of ether oxygens (including phenoxy) is 2. The molecule has 0 fully saturated rings. The molecule has 0 aliphatic rings. The van der Waals surface area contributed by atoms with Gasteiger partial charge in [0.05, 0.1) is 24.7 Å². The maximum absolute atomic E-state index is 12.4. The molecule has 1 heterocycles. The van der Waals surface area contributed by atoms with Gasteiger partial charge in [-0.15, -0.1) is 0 Å². The second-order valence-electron chi connectivity index (χ2n) is 7.92. The maximum atomic E-state index is 12.4. The Morgan fingerprint density at radius 1 is 1.00 bits per heavy atom. The van der Waals surface area contributed by atoms with Crippen LogP contribution in [-0.4, -0.2) is 35.7 Å². The van der Waals surface area contributed by atoms with Gasteiger partial charge in [0.25, 0.3) is 5.91 Å². The lowest BCUT2D eigenvalue weighted by molar-refractivity contribution is 0.0953. The summed E-state index contributed by atoms with van der Waals surface area (Å²) in [5.41, 5.74) is 3.88. The monoisotopic (exact) mass is 443 g/mol. The fourth-order valence-corrected chi connectivity index (χ4v) is 3.82. The minimum Gasteiger partial charge on any atom is -0.497 e. The van der Waals surface area contributed by atoms with Gasteiger partial charge in [-0.1, -0.05) is 24.3 Å². The van der Waals surface area contributed by atoms with Crippen molar-refractivity contribution in [3.8, 4) is 11.5 Å². The highest BCUT2D eigenvalue weighted by Crippen LogP contribution is 2.18.